The average molecular weight is 252 g/mol. The van der Waals surface area contributed by atoms with Crippen LogP contribution in [0.15, 0.2) is 15.9 Å². The first kappa shape index (κ1) is 12.6. The summed E-state index contributed by atoms with van der Waals surface area (Å²) in [6.07, 6.45) is 2.42. The van der Waals surface area contributed by atoms with Gasteiger partial charge in [-0.15, -0.1) is 0 Å². The van der Waals surface area contributed by atoms with E-state index in [4.69, 9.17) is 4.74 Å². The molecule has 0 radical (unpaired) electrons. The lowest BCUT2D eigenvalue weighted by Crippen LogP contribution is -2.37. The molecule has 2 aromatic heterocycles. The largest absolute Gasteiger partial charge is 0.361 e. The fraction of sp³-hybridized carbons (Fsp3) is 0.545. The van der Waals surface area contributed by atoms with Gasteiger partial charge in [-0.25, -0.2) is 9.78 Å². The normalized spacial score (nSPS) is 11.3. The molecule has 0 amide bonds. The summed E-state index contributed by atoms with van der Waals surface area (Å²) >= 11 is 0. The smallest absolute Gasteiger partial charge is 0.332 e. The van der Waals surface area contributed by atoms with E-state index in [0.717, 1.165) is 11.0 Å². The number of ether oxygens (including phenoxy) is 1. The lowest BCUT2D eigenvalue weighted by molar-refractivity contribution is 0.0799. The molecule has 0 aromatic carbocycles. The third-order valence-corrected chi connectivity index (χ3v) is 2.80. The monoisotopic (exact) mass is 252 g/mol. The van der Waals surface area contributed by atoms with Crippen LogP contribution in [0, 0.1) is 0 Å². The molecule has 7 nitrogen and oxygen atoms in total. The Kier molecular flexibility index (Phi) is 3.33. The lowest BCUT2D eigenvalue weighted by atomic mass is 10.5. The van der Waals surface area contributed by atoms with Gasteiger partial charge in [0.15, 0.2) is 11.2 Å². The Hall–Kier alpha value is -1.89. The molecule has 0 aliphatic heterocycles. The van der Waals surface area contributed by atoms with Crippen LogP contribution in [-0.2, 0) is 25.6 Å². The summed E-state index contributed by atoms with van der Waals surface area (Å²) in [4.78, 5) is 27.9. The van der Waals surface area contributed by atoms with Gasteiger partial charge in [0.1, 0.15) is 6.73 Å². The predicted octanol–water partition coefficient (Wildman–Crippen LogP) is -0.182. The van der Waals surface area contributed by atoms with Gasteiger partial charge in [-0.05, 0) is 6.42 Å². The maximum absolute atomic E-state index is 12.0. The van der Waals surface area contributed by atoms with Crippen LogP contribution in [-0.4, -0.2) is 25.3 Å². The van der Waals surface area contributed by atoms with E-state index in [1.54, 1.807) is 11.6 Å². The minimum absolute atomic E-state index is 0.262. The number of hydrogen-bond donors (Lipinski definition) is 0. The number of imidazole rings is 1. The van der Waals surface area contributed by atoms with Crippen molar-refractivity contribution in [3.8, 4) is 0 Å². The second kappa shape index (κ2) is 4.77. The quantitative estimate of drug-likeness (QED) is 0.708. The molecule has 0 saturated heterocycles. The molecule has 0 aliphatic carbocycles. The highest BCUT2D eigenvalue weighted by Gasteiger charge is 2.13. The molecule has 0 fully saturated rings. The first-order valence-corrected chi connectivity index (χ1v) is 5.76. The van der Waals surface area contributed by atoms with Crippen LogP contribution in [0.3, 0.4) is 0 Å². The number of rotatable bonds is 4. The second-order valence-electron chi connectivity index (χ2n) is 4.13. The molecule has 0 saturated carbocycles. The van der Waals surface area contributed by atoms with Crippen molar-refractivity contribution in [2.75, 3.05) is 6.61 Å². The fourth-order valence-corrected chi connectivity index (χ4v) is 1.80. The number of fused-ring (bicyclic) bond motifs is 1. The molecule has 0 N–H and O–H groups in total. The predicted molar refractivity (Wildman–Crippen MR) is 66.5 cm³/mol. The van der Waals surface area contributed by atoms with Crippen molar-refractivity contribution in [1.82, 2.24) is 18.7 Å². The minimum Gasteiger partial charge on any atom is -0.361 e. The Morgan fingerprint density at radius 1 is 1.28 bits per heavy atom. The van der Waals surface area contributed by atoms with E-state index in [2.05, 4.69) is 4.98 Å². The standard InChI is InChI=1S/C11H16N4O3/c1-4-5-18-7-15-6-12-9-8(15)10(16)14(3)11(17)13(9)2/h6H,4-5,7H2,1-3H3. The molecule has 0 unspecified atom stereocenters. The number of aryl methyl sites for hydroxylation is 1. The summed E-state index contributed by atoms with van der Waals surface area (Å²) in [5.74, 6) is 0. The maximum Gasteiger partial charge on any atom is 0.332 e. The van der Waals surface area contributed by atoms with E-state index in [1.807, 2.05) is 6.92 Å². The van der Waals surface area contributed by atoms with Crippen LogP contribution in [0.4, 0.5) is 0 Å². The van der Waals surface area contributed by atoms with Crippen molar-refractivity contribution in [3.63, 3.8) is 0 Å². The van der Waals surface area contributed by atoms with E-state index < -0.39 is 0 Å². The number of hydrogen-bond acceptors (Lipinski definition) is 4. The second-order valence-corrected chi connectivity index (χ2v) is 4.13. The Bertz CT molecular complexity index is 680. The average Bonchev–Trinajstić information content (AvgIpc) is 2.78. The molecular formula is C11H16N4O3. The molecule has 0 atom stereocenters. The molecule has 2 rings (SSSR count). The van der Waals surface area contributed by atoms with Crippen molar-refractivity contribution in [2.45, 2.75) is 20.1 Å². The lowest BCUT2D eigenvalue weighted by Gasteiger charge is -2.06. The van der Waals surface area contributed by atoms with Crippen molar-refractivity contribution in [1.29, 1.82) is 0 Å². The zero-order valence-electron chi connectivity index (χ0n) is 10.7. The van der Waals surface area contributed by atoms with E-state index in [1.165, 1.54) is 17.9 Å². The van der Waals surface area contributed by atoms with Gasteiger partial charge in [0, 0.05) is 20.7 Å². The van der Waals surface area contributed by atoms with Gasteiger partial charge >= 0.3 is 5.69 Å². The molecule has 2 heterocycles. The first-order chi connectivity index (χ1) is 8.57. The van der Waals surface area contributed by atoms with E-state index in [0.29, 0.717) is 17.8 Å². The summed E-state index contributed by atoms with van der Waals surface area (Å²) in [6.45, 7) is 2.89. The minimum atomic E-state index is -0.382. The van der Waals surface area contributed by atoms with Gasteiger partial charge in [-0.2, -0.15) is 0 Å². The van der Waals surface area contributed by atoms with E-state index >= 15 is 0 Å². The first-order valence-electron chi connectivity index (χ1n) is 5.76. The van der Waals surface area contributed by atoms with Crippen LogP contribution < -0.4 is 11.2 Å². The Morgan fingerprint density at radius 2 is 2.00 bits per heavy atom. The van der Waals surface area contributed by atoms with E-state index in [-0.39, 0.29) is 18.0 Å². The summed E-state index contributed by atoms with van der Waals surface area (Å²) in [5.41, 5.74) is 0.0248. The molecule has 7 heteroatoms. The molecule has 0 spiro atoms. The van der Waals surface area contributed by atoms with Crippen molar-refractivity contribution >= 4 is 11.2 Å². The SMILES string of the molecule is CCCOCn1cnc2c1c(=O)n(C)c(=O)n2C. The Morgan fingerprint density at radius 3 is 2.67 bits per heavy atom. The van der Waals surface area contributed by atoms with Gasteiger partial charge in [-0.1, -0.05) is 6.92 Å². The van der Waals surface area contributed by atoms with Gasteiger partial charge in [-0.3, -0.25) is 13.9 Å². The van der Waals surface area contributed by atoms with Crippen LogP contribution in [0.2, 0.25) is 0 Å². The van der Waals surface area contributed by atoms with Gasteiger partial charge in [0.05, 0.1) is 6.33 Å². The third-order valence-electron chi connectivity index (χ3n) is 2.80. The van der Waals surface area contributed by atoms with Crippen LogP contribution >= 0.6 is 0 Å². The summed E-state index contributed by atoms with van der Waals surface area (Å²) in [7, 11) is 3.04. The zero-order valence-corrected chi connectivity index (χ0v) is 10.7. The maximum atomic E-state index is 12.0. The topological polar surface area (TPSA) is 71.1 Å². The molecule has 18 heavy (non-hydrogen) atoms. The van der Waals surface area contributed by atoms with Crippen molar-refractivity contribution < 1.29 is 4.74 Å². The molecular weight excluding hydrogens is 236 g/mol. The van der Waals surface area contributed by atoms with Crippen molar-refractivity contribution in [3.05, 3.63) is 27.2 Å². The Balaban J connectivity index is 2.59. The van der Waals surface area contributed by atoms with E-state index in [9.17, 15) is 9.59 Å². The molecule has 0 aliphatic rings. The molecule has 98 valence electrons. The van der Waals surface area contributed by atoms with Gasteiger partial charge in [0.25, 0.3) is 5.56 Å². The number of nitrogens with zero attached hydrogens (tertiary/aromatic N) is 4. The summed E-state index contributed by atoms with van der Waals surface area (Å²) in [6, 6.07) is 0. The van der Waals surface area contributed by atoms with Gasteiger partial charge < -0.3 is 9.30 Å². The highest BCUT2D eigenvalue weighted by molar-refractivity contribution is 5.69. The zero-order chi connectivity index (χ0) is 13.3. The summed E-state index contributed by atoms with van der Waals surface area (Å²) < 4.78 is 9.43. The highest BCUT2D eigenvalue weighted by atomic mass is 16.5. The fourth-order valence-electron chi connectivity index (χ4n) is 1.80. The van der Waals surface area contributed by atoms with Crippen LogP contribution in [0.1, 0.15) is 13.3 Å². The number of aromatic nitrogens is 4. The van der Waals surface area contributed by atoms with Crippen LogP contribution in [0.25, 0.3) is 11.2 Å². The molecule has 0 bridgehead atoms. The van der Waals surface area contributed by atoms with Gasteiger partial charge in [0.2, 0.25) is 0 Å². The molecule has 2 aromatic rings. The Labute approximate surface area is 103 Å². The third kappa shape index (κ3) is 1.86. The van der Waals surface area contributed by atoms with Crippen molar-refractivity contribution in [2.24, 2.45) is 14.1 Å². The highest BCUT2D eigenvalue weighted by Crippen LogP contribution is 2.05. The van der Waals surface area contributed by atoms with Crippen LogP contribution in [0.5, 0.6) is 0 Å². The summed E-state index contributed by atoms with van der Waals surface area (Å²) in [5, 5.41) is 0.